The van der Waals surface area contributed by atoms with Crippen LogP contribution in [0.2, 0.25) is 0 Å². The van der Waals surface area contributed by atoms with Gasteiger partial charge >= 0.3 is 0 Å². The van der Waals surface area contributed by atoms with E-state index in [9.17, 15) is 13.2 Å². The number of sulfonamides is 1. The van der Waals surface area contributed by atoms with Gasteiger partial charge in [0.05, 0.1) is 4.90 Å². The van der Waals surface area contributed by atoms with Gasteiger partial charge in [-0.05, 0) is 48.9 Å². The van der Waals surface area contributed by atoms with Gasteiger partial charge in [0.25, 0.3) is 5.91 Å². The molecule has 0 radical (unpaired) electrons. The van der Waals surface area contributed by atoms with Gasteiger partial charge in [-0.1, -0.05) is 50.2 Å². The van der Waals surface area contributed by atoms with Gasteiger partial charge in [0.1, 0.15) is 11.9 Å². The van der Waals surface area contributed by atoms with Gasteiger partial charge in [0.2, 0.25) is 10.0 Å². The van der Waals surface area contributed by atoms with E-state index in [1.165, 1.54) is 10.4 Å². The summed E-state index contributed by atoms with van der Waals surface area (Å²) in [4.78, 5) is 17.7. The average Bonchev–Trinajstić information content (AvgIpc) is 3.23. The van der Waals surface area contributed by atoms with E-state index >= 15 is 0 Å². The third-order valence-electron chi connectivity index (χ3n) is 5.85. The molecule has 1 saturated heterocycles. The van der Waals surface area contributed by atoms with E-state index in [1.807, 2.05) is 30.3 Å². The summed E-state index contributed by atoms with van der Waals surface area (Å²) in [5.41, 5.74) is 1.09. The second kappa shape index (κ2) is 9.44. The molecule has 1 aliphatic heterocycles. The molecule has 2 aromatic carbocycles. The van der Waals surface area contributed by atoms with Crippen LogP contribution in [-0.2, 0) is 10.0 Å². The molecule has 3 unspecified atom stereocenters. The van der Waals surface area contributed by atoms with Gasteiger partial charge in [-0.15, -0.1) is 0 Å². The molecule has 0 spiro atoms. The van der Waals surface area contributed by atoms with Crippen LogP contribution in [-0.4, -0.2) is 46.9 Å². The standard InChI is InChI=1S/C24H29N5O3S/c1-16-12-17(2)15-29(14-16)33(31,32)21-11-7-10-20(13-21)24(30)26-22(19-8-5-4-6-9-19)23-25-18(3)27-28-23/h4-11,13,16-17,22H,12,14-15H2,1-3H3,(H,26,30)(H,25,27,28). The first-order valence-corrected chi connectivity index (χ1v) is 12.5. The summed E-state index contributed by atoms with van der Waals surface area (Å²) < 4.78 is 28.1. The highest BCUT2D eigenvalue weighted by molar-refractivity contribution is 7.89. The van der Waals surface area contributed by atoms with Gasteiger partial charge < -0.3 is 5.32 Å². The third kappa shape index (κ3) is 5.15. The van der Waals surface area contributed by atoms with Gasteiger partial charge in [-0.25, -0.2) is 13.4 Å². The number of aromatic amines is 1. The number of nitrogens with one attached hydrogen (secondary N) is 2. The lowest BCUT2D eigenvalue weighted by molar-refractivity contribution is 0.0941. The quantitative estimate of drug-likeness (QED) is 0.578. The molecule has 1 aliphatic rings. The number of aryl methyl sites for hydroxylation is 1. The topological polar surface area (TPSA) is 108 Å². The molecule has 1 aromatic heterocycles. The Morgan fingerprint density at radius 3 is 2.42 bits per heavy atom. The van der Waals surface area contributed by atoms with Crippen LogP contribution in [0.3, 0.4) is 0 Å². The van der Waals surface area contributed by atoms with Crippen LogP contribution in [0, 0.1) is 18.8 Å². The molecular weight excluding hydrogens is 438 g/mol. The largest absolute Gasteiger partial charge is 0.338 e. The molecular formula is C24H29N5O3S. The van der Waals surface area contributed by atoms with Crippen molar-refractivity contribution in [3.8, 4) is 0 Å². The Morgan fingerprint density at radius 2 is 1.79 bits per heavy atom. The predicted octanol–water partition coefficient (Wildman–Crippen LogP) is 3.30. The number of piperidine rings is 1. The summed E-state index contributed by atoms with van der Waals surface area (Å²) in [5, 5.41) is 9.98. The number of carbonyl (C=O) groups excluding carboxylic acids is 1. The molecule has 3 aromatic rings. The van der Waals surface area contributed by atoms with E-state index in [-0.39, 0.29) is 10.5 Å². The first kappa shape index (κ1) is 23.1. The number of hydrogen-bond acceptors (Lipinski definition) is 5. The molecule has 2 N–H and O–H groups in total. The summed E-state index contributed by atoms with van der Waals surface area (Å²) in [7, 11) is -3.69. The monoisotopic (exact) mass is 467 g/mol. The Hall–Kier alpha value is -3.04. The van der Waals surface area contributed by atoms with E-state index in [0.717, 1.165) is 12.0 Å². The highest BCUT2D eigenvalue weighted by atomic mass is 32.2. The van der Waals surface area contributed by atoms with Crippen LogP contribution in [0.4, 0.5) is 0 Å². The lowest BCUT2D eigenvalue weighted by Gasteiger charge is -2.34. The van der Waals surface area contributed by atoms with Crippen molar-refractivity contribution in [2.75, 3.05) is 13.1 Å². The van der Waals surface area contributed by atoms with Crippen LogP contribution in [0.5, 0.6) is 0 Å². The summed E-state index contributed by atoms with van der Waals surface area (Å²) in [6.45, 7) is 6.90. The van der Waals surface area contributed by atoms with Crippen molar-refractivity contribution in [1.29, 1.82) is 0 Å². The number of hydrogen-bond donors (Lipinski definition) is 2. The van der Waals surface area contributed by atoms with E-state index < -0.39 is 22.0 Å². The van der Waals surface area contributed by atoms with Crippen molar-refractivity contribution in [2.45, 2.75) is 38.1 Å². The Bertz CT molecular complexity index is 1220. The molecule has 0 saturated carbocycles. The smallest absolute Gasteiger partial charge is 0.252 e. The zero-order valence-corrected chi connectivity index (χ0v) is 19.8. The second-order valence-electron chi connectivity index (χ2n) is 8.89. The molecule has 0 aliphatic carbocycles. The van der Waals surface area contributed by atoms with Gasteiger partial charge in [0.15, 0.2) is 5.82 Å². The zero-order valence-electron chi connectivity index (χ0n) is 19.0. The molecule has 3 atom stereocenters. The fourth-order valence-corrected chi connectivity index (χ4v) is 6.12. The lowest BCUT2D eigenvalue weighted by atomic mass is 9.94. The molecule has 174 valence electrons. The number of H-pyrrole nitrogens is 1. The van der Waals surface area contributed by atoms with Crippen molar-refractivity contribution in [1.82, 2.24) is 24.8 Å². The molecule has 9 heteroatoms. The van der Waals surface area contributed by atoms with Crippen molar-refractivity contribution >= 4 is 15.9 Å². The van der Waals surface area contributed by atoms with Crippen molar-refractivity contribution in [3.05, 3.63) is 77.4 Å². The van der Waals surface area contributed by atoms with Crippen LogP contribution < -0.4 is 5.32 Å². The number of aromatic nitrogens is 3. The predicted molar refractivity (Wildman–Crippen MR) is 125 cm³/mol. The van der Waals surface area contributed by atoms with Crippen molar-refractivity contribution < 1.29 is 13.2 Å². The van der Waals surface area contributed by atoms with E-state index in [1.54, 1.807) is 25.1 Å². The minimum absolute atomic E-state index is 0.126. The normalized spacial score (nSPS) is 20.3. The molecule has 0 bridgehead atoms. The summed E-state index contributed by atoms with van der Waals surface area (Å²) in [6.07, 6.45) is 1.01. The molecule has 33 heavy (non-hydrogen) atoms. The first-order chi connectivity index (χ1) is 15.7. The summed E-state index contributed by atoms with van der Waals surface area (Å²) in [5.74, 6) is 1.27. The van der Waals surface area contributed by atoms with Gasteiger partial charge in [0, 0.05) is 18.7 Å². The third-order valence-corrected chi connectivity index (χ3v) is 7.68. The van der Waals surface area contributed by atoms with Crippen LogP contribution in [0.15, 0.2) is 59.5 Å². The second-order valence-corrected chi connectivity index (χ2v) is 10.8. The molecule has 8 nitrogen and oxygen atoms in total. The maximum atomic E-state index is 13.3. The van der Waals surface area contributed by atoms with Gasteiger partial charge in [-0.3, -0.25) is 9.89 Å². The lowest BCUT2D eigenvalue weighted by Crippen LogP contribution is -2.42. The highest BCUT2D eigenvalue weighted by Crippen LogP contribution is 2.27. The van der Waals surface area contributed by atoms with Crippen LogP contribution >= 0.6 is 0 Å². The average molecular weight is 468 g/mol. The maximum absolute atomic E-state index is 13.3. The van der Waals surface area contributed by atoms with E-state index in [2.05, 4.69) is 34.3 Å². The number of carbonyl (C=O) groups is 1. The Labute approximate surface area is 194 Å². The fraction of sp³-hybridized carbons (Fsp3) is 0.375. The van der Waals surface area contributed by atoms with E-state index in [0.29, 0.717) is 36.6 Å². The van der Waals surface area contributed by atoms with E-state index in [4.69, 9.17) is 0 Å². The highest BCUT2D eigenvalue weighted by Gasteiger charge is 2.32. The number of amides is 1. The minimum atomic E-state index is -3.69. The van der Waals surface area contributed by atoms with Crippen LogP contribution in [0.1, 0.15) is 53.9 Å². The molecule has 2 heterocycles. The van der Waals surface area contributed by atoms with Gasteiger partial charge in [-0.2, -0.15) is 9.40 Å². The first-order valence-electron chi connectivity index (χ1n) is 11.1. The summed E-state index contributed by atoms with van der Waals surface area (Å²) >= 11 is 0. The van der Waals surface area contributed by atoms with Crippen LogP contribution in [0.25, 0.3) is 0 Å². The Morgan fingerprint density at radius 1 is 1.09 bits per heavy atom. The summed E-state index contributed by atoms with van der Waals surface area (Å²) in [6, 6.07) is 15.0. The number of nitrogens with zero attached hydrogens (tertiary/aromatic N) is 3. The zero-order chi connectivity index (χ0) is 23.6. The minimum Gasteiger partial charge on any atom is -0.338 e. The Kier molecular flexibility index (Phi) is 6.62. The maximum Gasteiger partial charge on any atom is 0.252 e. The SMILES string of the molecule is Cc1nc(C(NC(=O)c2cccc(S(=O)(=O)N3CC(C)CC(C)C3)c2)c2ccccc2)n[nH]1. The van der Waals surface area contributed by atoms with Crippen molar-refractivity contribution in [2.24, 2.45) is 11.8 Å². The molecule has 4 rings (SSSR count). The number of benzene rings is 2. The molecule has 1 amide bonds. The number of rotatable bonds is 6. The fourth-order valence-electron chi connectivity index (χ4n) is 4.39. The molecule has 1 fully saturated rings. The Balaban J connectivity index is 1.60. The van der Waals surface area contributed by atoms with Crippen molar-refractivity contribution in [3.63, 3.8) is 0 Å².